The molecular weight excluding hydrogens is 398 g/mol. The summed E-state index contributed by atoms with van der Waals surface area (Å²) in [5.74, 6) is 0.234. The molecule has 0 radical (unpaired) electrons. The second kappa shape index (κ2) is 7.23. The molecule has 0 aliphatic carbocycles. The highest BCUT2D eigenvalue weighted by Gasteiger charge is 2.36. The number of ether oxygens (including phenoxy) is 1. The van der Waals surface area contributed by atoms with E-state index in [9.17, 15) is 9.59 Å². The van der Waals surface area contributed by atoms with Gasteiger partial charge < -0.3 is 10.1 Å². The first-order valence-electron chi connectivity index (χ1n) is 8.60. The normalized spacial score (nSPS) is 17.4. The number of nitrogens with one attached hydrogen (secondary N) is 1. The average Bonchev–Trinajstić information content (AvgIpc) is 3.03. The minimum absolute atomic E-state index is 0.239. The van der Waals surface area contributed by atoms with Gasteiger partial charge in [-0.25, -0.2) is 9.78 Å². The van der Waals surface area contributed by atoms with Crippen molar-refractivity contribution in [1.29, 1.82) is 0 Å². The van der Waals surface area contributed by atoms with Crippen molar-refractivity contribution in [3.63, 3.8) is 0 Å². The average molecular weight is 420 g/mol. The number of hydrogen-bond donors (Lipinski definition) is 1. The van der Waals surface area contributed by atoms with Crippen LogP contribution in [0.25, 0.3) is 10.9 Å². The second-order valence-corrected chi connectivity index (χ2v) is 8.27. The van der Waals surface area contributed by atoms with Crippen molar-refractivity contribution >= 4 is 44.7 Å². The molecule has 1 aromatic heterocycles. The summed E-state index contributed by atoms with van der Waals surface area (Å²) < 4.78 is 6.38. The monoisotopic (exact) mass is 419 g/mol. The van der Waals surface area contributed by atoms with E-state index in [-0.39, 0.29) is 5.91 Å². The number of fused-ring (bicyclic) bond motifs is 1. The van der Waals surface area contributed by atoms with Gasteiger partial charge in [0.05, 0.1) is 5.52 Å². The van der Waals surface area contributed by atoms with E-state index in [0.717, 1.165) is 21.8 Å². The van der Waals surface area contributed by atoms with Crippen LogP contribution in [0.1, 0.15) is 33.6 Å². The molecule has 6 nitrogen and oxygen atoms in total. The first-order chi connectivity index (χ1) is 12.2. The van der Waals surface area contributed by atoms with Crippen molar-refractivity contribution in [2.45, 2.75) is 45.3 Å². The van der Waals surface area contributed by atoms with Crippen molar-refractivity contribution in [3.8, 4) is 0 Å². The van der Waals surface area contributed by atoms with Crippen LogP contribution in [-0.2, 0) is 9.53 Å². The van der Waals surface area contributed by atoms with Gasteiger partial charge in [-0.15, -0.1) is 0 Å². The van der Waals surface area contributed by atoms with Gasteiger partial charge in [0.15, 0.2) is 0 Å². The molecule has 1 aromatic carbocycles. The lowest BCUT2D eigenvalue weighted by Crippen LogP contribution is -2.45. The summed E-state index contributed by atoms with van der Waals surface area (Å²) in [4.78, 5) is 31.0. The summed E-state index contributed by atoms with van der Waals surface area (Å²) >= 11 is 3.43. The molecule has 1 N–H and O–H groups in total. The molecule has 0 bridgehead atoms. The van der Waals surface area contributed by atoms with Crippen molar-refractivity contribution in [1.82, 2.24) is 9.88 Å². The first kappa shape index (κ1) is 18.6. The van der Waals surface area contributed by atoms with E-state index in [2.05, 4.69) is 26.2 Å². The van der Waals surface area contributed by atoms with Gasteiger partial charge in [0, 0.05) is 16.4 Å². The lowest BCUT2D eigenvalue weighted by atomic mass is 10.2. The number of likely N-dealkylation sites (tertiary alicyclic amines) is 1. The lowest BCUT2D eigenvalue weighted by molar-refractivity contribution is -0.120. The zero-order valence-electron chi connectivity index (χ0n) is 15.1. The maximum absolute atomic E-state index is 12.7. The maximum Gasteiger partial charge on any atom is 0.410 e. The molecule has 1 atom stereocenters. The number of carbonyl (C=O) groups excluding carboxylic acids is 2. The van der Waals surface area contributed by atoms with Gasteiger partial charge >= 0.3 is 6.09 Å². The van der Waals surface area contributed by atoms with Crippen LogP contribution in [-0.4, -0.2) is 40.1 Å². The quantitative estimate of drug-likeness (QED) is 0.785. The summed E-state index contributed by atoms with van der Waals surface area (Å²) in [6.45, 7) is 5.96. The molecule has 0 spiro atoms. The summed E-state index contributed by atoms with van der Waals surface area (Å²) in [6, 6.07) is 8.89. The molecule has 2 aromatic rings. The number of nitrogens with zero attached hydrogens (tertiary/aromatic N) is 2. The molecule has 0 saturated carbocycles. The molecule has 1 aliphatic rings. The number of carbonyl (C=O) groups is 2. The number of pyridine rings is 1. The molecule has 1 fully saturated rings. The van der Waals surface area contributed by atoms with E-state index >= 15 is 0 Å². The minimum Gasteiger partial charge on any atom is -0.444 e. The largest absolute Gasteiger partial charge is 0.444 e. The molecule has 1 aliphatic heterocycles. The Balaban J connectivity index is 1.72. The number of halogens is 1. The Morgan fingerprint density at radius 1 is 1.27 bits per heavy atom. The fourth-order valence-electron chi connectivity index (χ4n) is 2.95. The third-order valence-corrected chi connectivity index (χ3v) is 4.58. The second-order valence-electron chi connectivity index (χ2n) is 7.35. The van der Waals surface area contributed by atoms with Crippen LogP contribution in [0, 0.1) is 0 Å². The van der Waals surface area contributed by atoms with E-state index in [1.807, 2.05) is 45.0 Å². The standard InChI is InChI=1S/C19H22BrN3O3/c1-19(2,3)26-18(25)23-10-4-5-15(23)17(24)22-16-9-6-12-11-13(20)7-8-14(12)21-16/h6-9,11,15H,4-5,10H2,1-3H3,(H,21,22,24). The van der Waals surface area contributed by atoms with Crippen molar-refractivity contribution in [2.24, 2.45) is 0 Å². The lowest BCUT2D eigenvalue weighted by Gasteiger charge is -2.27. The van der Waals surface area contributed by atoms with E-state index in [1.165, 1.54) is 4.90 Å². The smallest absolute Gasteiger partial charge is 0.410 e. The SMILES string of the molecule is CC(C)(C)OC(=O)N1CCCC1C(=O)Nc1ccc2cc(Br)ccc2n1. The van der Waals surface area contributed by atoms with Crippen LogP contribution in [0.2, 0.25) is 0 Å². The predicted molar refractivity (Wildman–Crippen MR) is 104 cm³/mol. The molecule has 2 amide bonds. The summed E-state index contributed by atoms with van der Waals surface area (Å²) in [6.07, 6.45) is 0.939. The van der Waals surface area contributed by atoms with E-state index in [4.69, 9.17) is 4.74 Å². The van der Waals surface area contributed by atoms with Gasteiger partial charge in [0.25, 0.3) is 0 Å². The van der Waals surface area contributed by atoms with E-state index in [0.29, 0.717) is 18.8 Å². The highest BCUT2D eigenvalue weighted by atomic mass is 79.9. The summed E-state index contributed by atoms with van der Waals surface area (Å²) in [5.41, 5.74) is 0.205. The Labute approximate surface area is 161 Å². The molecular formula is C19H22BrN3O3. The van der Waals surface area contributed by atoms with Gasteiger partial charge in [0.2, 0.25) is 5.91 Å². The van der Waals surface area contributed by atoms with Gasteiger partial charge in [-0.05, 0) is 63.9 Å². The van der Waals surface area contributed by atoms with Crippen LogP contribution < -0.4 is 5.32 Å². The van der Waals surface area contributed by atoms with Crippen LogP contribution >= 0.6 is 15.9 Å². The van der Waals surface area contributed by atoms with E-state index in [1.54, 1.807) is 6.07 Å². The number of aromatic nitrogens is 1. The highest BCUT2D eigenvalue weighted by Crippen LogP contribution is 2.23. The molecule has 3 rings (SSSR count). The molecule has 2 heterocycles. The zero-order valence-corrected chi connectivity index (χ0v) is 16.7. The summed E-state index contributed by atoms with van der Waals surface area (Å²) in [5, 5.41) is 3.81. The Kier molecular flexibility index (Phi) is 5.18. The predicted octanol–water partition coefficient (Wildman–Crippen LogP) is 4.34. The van der Waals surface area contributed by atoms with Gasteiger partial charge in [-0.1, -0.05) is 15.9 Å². The van der Waals surface area contributed by atoms with Crippen LogP contribution in [0.5, 0.6) is 0 Å². The van der Waals surface area contributed by atoms with Crippen molar-refractivity contribution < 1.29 is 14.3 Å². The molecule has 1 unspecified atom stereocenters. The Hall–Kier alpha value is -2.15. The molecule has 138 valence electrons. The Bertz CT molecular complexity index is 848. The Morgan fingerprint density at radius 3 is 2.77 bits per heavy atom. The summed E-state index contributed by atoms with van der Waals surface area (Å²) in [7, 11) is 0. The van der Waals surface area contributed by atoms with Crippen LogP contribution in [0.4, 0.5) is 10.6 Å². The van der Waals surface area contributed by atoms with Gasteiger partial charge in [-0.2, -0.15) is 0 Å². The van der Waals surface area contributed by atoms with Crippen LogP contribution in [0.15, 0.2) is 34.8 Å². The fourth-order valence-corrected chi connectivity index (χ4v) is 3.33. The molecule has 1 saturated heterocycles. The number of rotatable bonds is 2. The number of benzene rings is 1. The number of amides is 2. The molecule has 26 heavy (non-hydrogen) atoms. The van der Waals surface area contributed by atoms with Crippen molar-refractivity contribution in [2.75, 3.05) is 11.9 Å². The van der Waals surface area contributed by atoms with E-state index < -0.39 is 17.7 Å². The third-order valence-electron chi connectivity index (χ3n) is 4.09. The zero-order chi connectivity index (χ0) is 18.9. The number of anilines is 1. The highest BCUT2D eigenvalue weighted by molar-refractivity contribution is 9.10. The molecule has 7 heteroatoms. The number of hydrogen-bond acceptors (Lipinski definition) is 4. The van der Waals surface area contributed by atoms with Crippen LogP contribution in [0.3, 0.4) is 0 Å². The minimum atomic E-state index is -0.588. The fraction of sp³-hybridized carbons (Fsp3) is 0.421. The first-order valence-corrected chi connectivity index (χ1v) is 9.39. The Morgan fingerprint density at radius 2 is 2.04 bits per heavy atom. The van der Waals surface area contributed by atoms with Gasteiger partial charge in [-0.3, -0.25) is 9.69 Å². The topological polar surface area (TPSA) is 71.5 Å². The maximum atomic E-state index is 12.7. The van der Waals surface area contributed by atoms with Gasteiger partial charge in [0.1, 0.15) is 17.5 Å². The third kappa shape index (κ3) is 4.33. The van der Waals surface area contributed by atoms with Crippen molar-refractivity contribution in [3.05, 3.63) is 34.8 Å².